The molecule has 0 unspecified atom stereocenters. The summed E-state index contributed by atoms with van der Waals surface area (Å²) < 4.78 is 44.7. The summed E-state index contributed by atoms with van der Waals surface area (Å²) in [5.74, 6) is -2.61. The molecule has 1 aromatic rings. The van der Waals surface area contributed by atoms with Gasteiger partial charge in [0.1, 0.15) is 0 Å². The zero-order valence-electron chi connectivity index (χ0n) is 4.84. The molecule has 62 valence electrons. The van der Waals surface area contributed by atoms with Gasteiger partial charge in [0.15, 0.2) is 15.8 Å². The summed E-state index contributed by atoms with van der Waals surface area (Å²) in [6, 6.07) is 0. The van der Waals surface area contributed by atoms with Crippen molar-refractivity contribution < 1.29 is 17.2 Å². The Labute approximate surface area is 69.8 Å². The van der Waals surface area contributed by atoms with Gasteiger partial charge in [-0.3, -0.25) is 0 Å². The third kappa shape index (κ3) is 1.69. The number of rotatable bonds is 1. The maximum Gasteiger partial charge on any atom is 0.273 e. The van der Waals surface area contributed by atoms with Gasteiger partial charge in [0.05, 0.1) is 0 Å². The van der Waals surface area contributed by atoms with Crippen molar-refractivity contribution in [1.29, 1.82) is 0 Å². The van der Waals surface area contributed by atoms with Gasteiger partial charge in [0, 0.05) is 16.1 Å². The van der Waals surface area contributed by atoms with Crippen molar-refractivity contribution in [1.82, 2.24) is 0 Å². The summed E-state index contributed by atoms with van der Waals surface area (Å²) in [6.07, 6.45) is 0. The molecule has 1 heterocycles. The molecule has 0 atom stereocenters. The van der Waals surface area contributed by atoms with E-state index in [1.165, 1.54) is 0 Å². The van der Waals surface area contributed by atoms with Crippen LogP contribution in [-0.4, -0.2) is 8.42 Å². The molecule has 0 aliphatic heterocycles. The summed E-state index contributed by atoms with van der Waals surface area (Å²) in [6.45, 7) is 0. The van der Waals surface area contributed by atoms with Crippen LogP contribution in [0.4, 0.5) is 8.78 Å². The Bertz CT molecular complexity index is 369. The highest BCUT2D eigenvalue weighted by atomic mass is 35.7. The number of hydrogen-bond donors (Lipinski definition) is 0. The van der Waals surface area contributed by atoms with Crippen LogP contribution in [-0.2, 0) is 9.05 Å². The largest absolute Gasteiger partial charge is 0.273 e. The summed E-state index contributed by atoms with van der Waals surface area (Å²) in [7, 11) is 0.616. The molecule has 11 heavy (non-hydrogen) atoms. The predicted molar refractivity (Wildman–Crippen MR) is 37.3 cm³/mol. The first-order chi connectivity index (χ1) is 4.93. The second-order valence-electron chi connectivity index (χ2n) is 1.62. The standard InChI is InChI=1S/C4HClF2O2S2/c5-11(8,9)4-3(7)2(6)1-10-4/h1H. The van der Waals surface area contributed by atoms with Gasteiger partial charge in [-0.05, 0) is 0 Å². The fourth-order valence-corrected chi connectivity index (χ4v) is 2.43. The topological polar surface area (TPSA) is 34.1 Å². The Morgan fingerprint density at radius 3 is 2.18 bits per heavy atom. The van der Waals surface area contributed by atoms with Crippen molar-refractivity contribution in [2.75, 3.05) is 0 Å². The lowest BCUT2D eigenvalue weighted by Crippen LogP contribution is -1.90. The molecule has 2 nitrogen and oxygen atoms in total. The van der Waals surface area contributed by atoms with Gasteiger partial charge < -0.3 is 0 Å². The molecule has 7 heteroatoms. The highest BCUT2D eigenvalue weighted by Gasteiger charge is 2.21. The van der Waals surface area contributed by atoms with Crippen LogP contribution in [0.3, 0.4) is 0 Å². The van der Waals surface area contributed by atoms with Crippen LogP contribution in [0, 0.1) is 11.6 Å². The van der Waals surface area contributed by atoms with E-state index in [1.807, 2.05) is 0 Å². The minimum Gasteiger partial charge on any atom is -0.206 e. The monoisotopic (exact) mass is 218 g/mol. The van der Waals surface area contributed by atoms with E-state index in [0.717, 1.165) is 5.38 Å². The van der Waals surface area contributed by atoms with Crippen LogP contribution in [0.15, 0.2) is 9.59 Å². The molecule has 0 saturated heterocycles. The molecule has 0 N–H and O–H groups in total. The first-order valence-electron chi connectivity index (χ1n) is 2.30. The quantitative estimate of drug-likeness (QED) is 0.676. The average Bonchev–Trinajstić information content (AvgIpc) is 2.11. The Morgan fingerprint density at radius 2 is 2.00 bits per heavy atom. The van der Waals surface area contributed by atoms with Gasteiger partial charge in [-0.2, -0.15) is 0 Å². The minimum atomic E-state index is -4.14. The third-order valence-corrected chi connectivity index (χ3v) is 3.90. The molecule has 0 fully saturated rings. The second kappa shape index (κ2) is 2.69. The van der Waals surface area contributed by atoms with E-state index in [4.69, 9.17) is 10.7 Å². The maximum absolute atomic E-state index is 12.4. The molecule has 0 saturated carbocycles. The molecule has 0 spiro atoms. The van der Waals surface area contributed by atoms with Gasteiger partial charge in [-0.15, -0.1) is 11.3 Å². The van der Waals surface area contributed by atoms with Crippen molar-refractivity contribution in [2.45, 2.75) is 4.21 Å². The van der Waals surface area contributed by atoms with E-state index in [-0.39, 0.29) is 0 Å². The molecule has 0 bridgehead atoms. The van der Waals surface area contributed by atoms with Crippen LogP contribution in [0.1, 0.15) is 0 Å². The van der Waals surface area contributed by atoms with Crippen molar-refractivity contribution in [3.8, 4) is 0 Å². The van der Waals surface area contributed by atoms with E-state index in [0.29, 0.717) is 11.3 Å². The highest BCUT2D eigenvalue weighted by Crippen LogP contribution is 2.26. The minimum absolute atomic E-state index is 0.413. The summed E-state index contributed by atoms with van der Waals surface area (Å²) in [4.78, 5) is 0. The van der Waals surface area contributed by atoms with Gasteiger partial charge in [0.25, 0.3) is 9.05 Å². The Hall–Kier alpha value is -0.200. The molecular weight excluding hydrogens is 218 g/mol. The Kier molecular flexibility index (Phi) is 2.17. The fraction of sp³-hybridized carbons (Fsp3) is 0. The van der Waals surface area contributed by atoms with Crippen molar-refractivity contribution in [3.63, 3.8) is 0 Å². The summed E-state index contributed by atoms with van der Waals surface area (Å²) in [5.41, 5.74) is 0. The predicted octanol–water partition coefficient (Wildman–Crippen LogP) is 1.95. The van der Waals surface area contributed by atoms with Crippen LogP contribution in [0.2, 0.25) is 0 Å². The first kappa shape index (κ1) is 8.89. The average molecular weight is 219 g/mol. The maximum atomic E-state index is 12.4. The van der Waals surface area contributed by atoms with Crippen molar-refractivity contribution >= 4 is 31.1 Å². The molecule has 0 aliphatic rings. The van der Waals surface area contributed by atoms with Gasteiger partial charge >= 0.3 is 0 Å². The van der Waals surface area contributed by atoms with Crippen molar-refractivity contribution in [3.05, 3.63) is 17.0 Å². The number of thiophene rings is 1. The van der Waals surface area contributed by atoms with Crippen LogP contribution in [0.25, 0.3) is 0 Å². The molecule has 1 rings (SSSR count). The fourth-order valence-electron chi connectivity index (χ4n) is 0.471. The molecule has 0 radical (unpaired) electrons. The van der Waals surface area contributed by atoms with Gasteiger partial charge in [-0.25, -0.2) is 17.2 Å². The zero-order chi connectivity index (χ0) is 8.65. The summed E-state index contributed by atoms with van der Waals surface area (Å²) >= 11 is 0.413. The van der Waals surface area contributed by atoms with E-state index >= 15 is 0 Å². The highest BCUT2D eigenvalue weighted by molar-refractivity contribution is 8.15. The van der Waals surface area contributed by atoms with Gasteiger partial charge in [-0.1, -0.05) is 0 Å². The smallest absolute Gasteiger partial charge is 0.206 e. The lowest BCUT2D eigenvalue weighted by molar-refractivity contribution is 0.499. The van der Waals surface area contributed by atoms with E-state index in [9.17, 15) is 17.2 Å². The normalized spacial score (nSPS) is 11.9. The van der Waals surface area contributed by atoms with E-state index < -0.39 is 24.9 Å². The third-order valence-electron chi connectivity index (χ3n) is 0.880. The summed E-state index contributed by atoms with van der Waals surface area (Å²) in [5, 5.41) is 0.741. The first-order valence-corrected chi connectivity index (χ1v) is 5.49. The Balaban J connectivity index is 3.38. The van der Waals surface area contributed by atoms with Crippen LogP contribution < -0.4 is 0 Å². The van der Waals surface area contributed by atoms with E-state index in [1.54, 1.807) is 0 Å². The zero-order valence-corrected chi connectivity index (χ0v) is 7.23. The lowest BCUT2D eigenvalue weighted by Gasteiger charge is -1.87. The van der Waals surface area contributed by atoms with Crippen LogP contribution >= 0.6 is 22.0 Å². The molecule has 0 amide bonds. The number of hydrogen-bond acceptors (Lipinski definition) is 3. The lowest BCUT2D eigenvalue weighted by atomic mass is 10.6. The molecule has 0 aliphatic carbocycles. The Morgan fingerprint density at radius 1 is 1.45 bits per heavy atom. The molecule has 1 aromatic heterocycles. The SMILES string of the molecule is O=S(=O)(Cl)c1scc(F)c1F. The molecule has 0 aromatic carbocycles. The number of halogens is 3. The van der Waals surface area contributed by atoms with Crippen molar-refractivity contribution in [2.24, 2.45) is 0 Å². The van der Waals surface area contributed by atoms with Gasteiger partial charge in [0.2, 0.25) is 0 Å². The second-order valence-corrected chi connectivity index (χ2v) is 5.26. The van der Waals surface area contributed by atoms with Crippen LogP contribution in [0.5, 0.6) is 0 Å². The molecular formula is C4HClF2O2S2. The van der Waals surface area contributed by atoms with E-state index in [2.05, 4.69) is 0 Å².